The van der Waals surface area contributed by atoms with Crippen LogP contribution >= 0.6 is 0 Å². The average molecular weight is 230 g/mol. The molecule has 2 aliphatic rings. The lowest BCUT2D eigenvalue weighted by molar-refractivity contribution is 0.686. The second-order valence-electron chi connectivity index (χ2n) is 5.71. The van der Waals surface area contributed by atoms with Gasteiger partial charge in [0.05, 0.1) is 11.4 Å². The first kappa shape index (κ1) is 11.1. The summed E-state index contributed by atoms with van der Waals surface area (Å²) in [7, 11) is 0. The molecular weight excluding hydrogens is 208 g/mol. The van der Waals surface area contributed by atoms with Gasteiger partial charge in [-0.05, 0) is 43.2 Å². The van der Waals surface area contributed by atoms with Gasteiger partial charge in [-0.15, -0.1) is 0 Å². The maximum Gasteiger partial charge on any atom is 0.0663 e. The molecule has 2 fully saturated rings. The van der Waals surface area contributed by atoms with Gasteiger partial charge in [-0.25, -0.2) is 0 Å². The molecule has 1 aromatic rings. The molecule has 0 bridgehead atoms. The van der Waals surface area contributed by atoms with E-state index in [1.54, 1.807) is 0 Å². The van der Waals surface area contributed by atoms with Crippen molar-refractivity contribution in [1.82, 2.24) is 4.98 Å². The van der Waals surface area contributed by atoms with Crippen LogP contribution in [0.1, 0.15) is 74.5 Å². The quantitative estimate of drug-likeness (QED) is 0.834. The van der Waals surface area contributed by atoms with E-state index in [1.165, 1.54) is 62.6 Å². The Kier molecular flexibility index (Phi) is 3.04. The van der Waals surface area contributed by atoms with Crippen molar-refractivity contribution >= 4 is 5.69 Å². The number of anilines is 1. The summed E-state index contributed by atoms with van der Waals surface area (Å²) >= 11 is 0. The second kappa shape index (κ2) is 4.67. The summed E-state index contributed by atoms with van der Waals surface area (Å²) in [4.78, 5) is 4.68. The Morgan fingerprint density at radius 3 is 2.12 bits per heavy atom. The fourth-order valence-corrected chi connectivity index (χ4v) is 3.53. The van der Waals surface area contributed by atoms with Crippen molar-refractivity contribution in [3.63, 3.8) is 0 Å². The van der Waals surface area contributed by atoms with Crippen molar-refractivity contribution in [1.29, 1.82) is 0 Å². The Balaban J connectivity index is 1.82. The number of hydrogen-bond acceptors (Lipinski definition) is 2. The van der Waals surface area contributed by atoms with Gasteiger partial charge >= 0.3 is 0 Å². The summed E-state index contributed by atoms with van der Waals surface area (Å²) < 4.78 is 0. The second-order valence-corrected chi connectivity index (χ2v) is 5.71. The fourth-order valence-electron chi connectivity index (χ4n) is 3.53. The third-order valence-corrected chi connectivity index (χ3v) is 4.54. The zero-order valence-electron chi connectivity index (χ0n) is 10.5. The molecule has 92 valence electrons. The lowest BCUT2D eigenvalue weighted by atomic mass is 9.96. The van der Waals surface area contributed by atoms with E-state index in [1.807, 2.05) is 0 Å². The van der Waals surface area contributed by atoms with Crippen molar-refractivity contribution < 1.29 is 0 Å². The molecule has 0 spiro atoms. The highest BCUT2D eigenvalue weighted by molar-refractivity contribution is 5.47. The Labute approximate surface area is 104 Å². The summed E-state index contributed by atoms with van der Waals surface area (Å²) in [5, 5.41) is 0. The molecule has 17 heavy (non-hydrogen) atoms. The van der Waals surface area contributed by atoms with Crippen LogP contribution in [0.4, 0.5) is 5.69 Å². The smallest absolute Gasteiger partial charge is 0.0663 e. The van der Waals surface area contributed by atoms with Gasteiger partial charge in [-0.3, -0.25) is 4.98 Å². The fraction of sp³-hybridized carbons (Fsp3) is 0.667. The topological polar surface area (TPSA) is 38.9 Å². The molecule has 2 heteroatoms. The van der Waals surface area contributed by atoms with Crippen LogP contribution in [0.15, 0.2) is 12.3 Å². The molecule has 2 N–H and O–H groups in total. The average Bonchev–Trinajstić information content (AvgIpc) is 3.02. The number of hydrogen-bond donors (Lipinski definition) is 1. The Bertz CT molecular complexity index is 388. The highest BCUT2D eigenvalue weighted by Gasteiger charge is 2.22. The molecule has 0 atom stereocenters. The molecular formula is C15H22N2. The van der Waals surface area contributed by atoms with Crippen LogP contribution in [0, 0.1) is 0 Å². The minimum atomic E-state index is 0.632. The first-order chi connectivity index (χ1) is 8.34. The third kappa shape index (κ3) is 2.18. The lowest BCUT2D eigenvalue weighted by Crippen LogP contribution is -2.05. The Morgan fingerprint density at radius 1 is 0.941 bits per heavy atom. The summed E-state index contributed by atoms with van der Waals surface area (Å²) in [6, 6.07) is 2.20. The maximum atomic E-state index is 6.21. The molecule has 1 heterocycles. The van der Waals surface area contributed by atoms with Crippen LogP contribution in [0.5, 0.6) is 0 Å². The molecule has 0 aliphatic heterocycles. The summed E-state index contributed by atoms with van der Waals surface area (Å²) in [5.74, 6) is 1.36. The van der Waals surface area contributed by atoms with Crippen molar-refractivity contribution in [2.24, 2.45) is 0 Å². The monoisotopic (exact) mass is 230 g/mol. The molecule has 1 aromatic heterocycles. The Morgan fingerprint density at radius 2 is 1.53 bits per heavy atom. The SMILES string of the molecule is Nc1cc(C2CCCC2)cnc1C1CCCC1. The van der Waals surface area contributed by atoms with E-state index in [-0.39, 0.29) is 0 Å². The third-order valence-electron chi connectivity index (χ3n) is 4.54. The van der Waals surface area contributed by atoms with Gasteiger partial charge in [0.1, 0.15) is 0 Å². The van der Waals surface area contributed by atoms with E-state index in [4.69, 9.17) is 5.73 Å². The van der Waals surface area contributed by atoms with Crippen LogP contribution < -0.4 is 5.73 Å². The Hall–Kier alpha value is -1.05. The minimum Gasteiger partial charge on any atom is -0.397 e. The largest absolute Gasteiger partial charge is 0.397 e. The van der Waals surface area contributed by atoms with Crippen molar-refractivity contribution in [2.75, 3.05) is 5.73 Å². The predicted octanol–water partition coefficient (Wildman–Crippen LogP) is 3.98. The lowest BCUT2D eigenvalue weighted by Gasteiger charge is -2.15. The molecule has 0 unspecified atom stereocenters. The van der Waals surface area contributed by atoms with Gasteiger partial charge < -0.3 is 5.73 Å². The first-order valence-corrected chi connectivity index (χ1v) is 7.10. The van der Waals surface area contributed by atoms with Gasteiger partial charge in [0.25, 0.3) is 0 Å². The number of aromatic nitrogens is 1. The molecule has 2 aliphatic carbocycles. The summed E-state index contributed by atoms with van der Waals surface area (Å²) in [5.41, 5.74) is 9.70. The van der Waals surface area contributed by atoms with E-state index < -0.39 is 0 Å². The highest BCUT2D eigenvalue weighted by atomic mass is 14.7. The number of rotatable bonds is 2. The first-order valence-electron chi connectivity index (χ1n) is 7.10. The summed E-state index contributed by atoms with van der Waals surface area (Å²) in [6.07, 6.45) is 12.7. The van der Waals surface area contributed by atoms with Crippen LogP contribution in [0.3, 0.4) is 0 Å². The molecule has 0 amide bonds. The van der Waals surface area contributed by atoms with Crippen molar-refractivity contribution in [3.05, 3.63) is 23.5 Å². The van der Waals surface area contributed by atoms with Crippen molar-refractivity contribution in [2.45, 2.75) is 63.2 Å². The zero-order valence-corrected chi connectivity index (χ0v) is 10.5. The normalized spacial score (nSPS) is 22.4. The predicted molar refractivity (Wildman–Crippen MR) is 71.1 cm³/mol. The van der Waals surface area contributed by atoms with E-state index >= 15 is 0 Å². The molecule has 3 rings (SSSR count). The van der Waals surface area contributed by atoms with Crippen LogP contribution in [-0.4, -0.2) is 4.98 Å². The van der Waals surface area contributed by atoms with E-state index in [9.17, 15) is 0 Å². The van der Waals surface area contributed by atoms with Crippen LogP contribution in [0.2, 0.25) is 0 Å². The van der Waals surface area contributed by atoms with E-state index in [0.29, 0.717) is 5.92 Å². The van der Waals surface area contributed by atoms with Crippen LogP contribution in [-0.2, 0) is 0 Å². The van der Waals surface area contributed by atoms with Gasteiger partial charge in [0.15, 0.2) is 0 Å². The molecule has 0 saturated heterocycles. The van der Waals surface area contributed by atoms with Gasteiger partial charge in [0, 0.05) is 12.1 Å². The highest BCUT2D eigenvalue weighted by Crippen LogP contribution is 2.38. The minimum absolute atomic E-state index is 0.632. The standard InChI is InChI=1S/C15H22N2/c16-14-9-13(11-5-1-2-6-11)10-17-15(14)12-7-3-4-8-12/h9-12H,1-8,16H2. The summed E-state index contributed by atoms with van der Waals surface area (Å²) in [6.45, 7) is 0. The number of pyridine rings is 1. The number of nitrogens with two attached hydrogens (primary N) is 1. The van der Waals surface area contributed by atoms with Gasteiger partial charge in [-0.1, -0.05) is 25.7 Å². The number of nitrogens with zero attached hydrogens (tertiary/aromatic N) is 1. The zero-order chi connectivity index (χ0) is 11.7. The molecule has 0 radical (unpaired) electrons. The van der Waals surface area contributed by atoms with Gasteiger partial charge in [-0.2, -0.15) is 0 Å². The van der Waals surface area contributed by atoms with Crippen LogP contribution in [0.25, 0.3) is 0 Å². The molecule has 2 saturated carbocycles. The molecule has 2 nitrogen and oxygen atoms in total. The molecule has 0 aromatic carbocycles. The van der Waals surface area contributed by atoms with Crippen molar-refractivity contribution in [3.8, 4) is 0 Å². The van der Waals surface area contributed by atoms with Gasteiger partial charge in [0.2, 0.25) is 0 Å². The maximum absolute atomic E-state index is 6.21. The van der Waals surface area contributed by atoms with E-state index in [0.717, 1.165) is 11.6 Å². The number of nitrogen functional groups attached to an aromatic ring is 1. The van der Waals surface area contributed by atoms with E-state index in [2.05, 4.69) is 17.2 Å².